The number of hydrogen-bond donors (Lipinski definition) is 3. The number of nitrogens with zero attached hydrogens (tertiary/aromatic N) is 1. The van der Waals surface area contributed by atoms with E-state index in [1.807, 2.05) is 24.3 Å². The number of hydrazine groups is 1. The lowest BCUT2D eigenvalue weighted by atomic mass is 9.85. The second-order valence-corrected chi connectivity index (χ2v) is 14.9. The van der Waals surface area contributed by atoms with Gasteiger partial charge in [0.15, 0.2) is 21.5 Å². The molecule has 3 N–H and O–H groups in total. The van der Waals surface area contributed by atoms with Gasteiger partial charge in [0.1, 0.15) is 5.75 Å². The Kier molecular flexibility index (Phi) is 11.2. The predicted octanol–water partition coefficient (Wildman–Crippen LogP) is 5.39. The summed E-state index contributed by atoms with van der Waals surface area (Å²) in [6.45, 7) is 7.27. The topological polar surface area (TPSA) is 126 Å². The quantitative estimate of drug-likeness (QED) is 0.154. The van der Waals surface area contributed by atoms with Crippen LogP contribution >= 0.6 is 15.9 Å². The van der Waals surface area contributed by atoms with Gasteiger partial charge < -0.3 is 14.6 Å². The van der Waals surface area contributed by atoms with E-state index in [0.29, 0.717) is 36.4 Å². The van der Waals surface area contributed by atoms with Crippen molar-refractivity contribution in [2.75, 3.05) is 25.5 Å². The minimum absolute atomic E-state index is 0.0371. The number of aliphatic imine (C=N–C) groups is 1. The van der Waals surface area contributed by atoms with Gasteiger partial charge in [-0.2, -0.15) is 0 Å². The van der Waals surface area contributed by atoms with E-state index in [0.717, 1.165) is 10.9 Å². The Balaban J connectivity index is 1.72. The highest BCUT2D eigenvalue weighted by atomic mass is 79.9. The molecular formula is C33H40BrN3O6S. The Hall–Kier alpha value is -3.25. The van der Waals surface area contributed by atoms with Gasteiger partial charge in [0, 0.05) is 36.0 Å². The van der Waals surface area contributed by atoms with Crippen molar-refractivity contribution in [1.82, 2.24) is 10.9 Å². The lowest BCUT2D eigenvalue weighted by Gasteiger charge is -2.31. The van der Waals surface area contributed by atoms with Crippen LogP contribution in [-0.2, 0) is 19.4 Å². The highest BCUT2D eigenvalue weighted by Crippen LogP contribution is 2.43. The Bertz CT molecular complexity index is 1520. The first-order valence-corrected chi connectivity index (χ1v) is 17.1. The van der Waals surface area contributed by atoms with Crippen LogP contribution < -0.4 is 15.6 Å². The smallest absolute Gasteiger partial charge is 0.266 e. The number of rotatable bonds is 14. The lowest BCUT2D eigenvalue weighted by Crippen LogP contribution is -2.53. The first-order valence-electron chi connectivity index (χ1n) is 14.6. The fourth-order valence-corrected chi connectivity index (χ4v) is 6.38. The molecular weight excluding hydrogens is 646 g/mol. The molecule has 2 atom stereocenters. The van der Waals surface area contributed by atoms with Crippen LogP contribution in [-0.4, -0.2) is 56.4 Å². The molecule has 3 aromatic rings. The standard InChI is InChI=1S/C33H40BrN3O6S/c1-32(2,3)18-20-35-37-31(39)33(19-23-44(40,41)28-8-5-4-6-9-28)29(24-10-14-26(34)15-11-24)43-30(36-33)25-12-16-27(17-13-25)42-22-7-21-38/h4-6,8-17,29,35,38H,7,18-23H2,1-3H3,(H,37,39)/t29-,33-/m0/s1. The van der Waals surface area contributed by atoms with Gasteiger partial charge >= 0.3 is 0 Å². The average molecular weight is 687 g/mol. The zero-order valence-corrected chi connectivity index (χ0v) is 27.7. The number of hydrogen-bond acceptors (Lipinski definition) is 8. The Morgan fingerprint density at radius 2 is 1.73 bits per heavy atom. The number of benzene rings is 3. The molecule has 1 aliphatic heterocycles. The van der Waals surface area contributed by atoms with E-state index >= 15 is 0 Å². The van der Waals surface area contributed by atoms with Gasteiger partial charge in [-0.25, -0.2) is 18.8 Å². The second kappa shape index (κ2) is 14.7. The number of aliphatic hydroxyl groups is 1. The van der Waals surface area contributed by atoms with Crippen LogP contribution in [0.25, 0.3) is 0 Å². The normalized spacial score (nSPS) is 18.4. The molecule has 0 saturated heterocycles. The van der Waals surface area contributed by atoms with Gasteiger partial charge in [-0.15, -0.1) is 0 Å². The van der Waals surface area contributed by atoms with Crippen LogP contribution in [0.5, 0.6) is 5.75 Å². The molecule has 0 radical (unpaired) electrons. The molecule has 0 aliphatic carbocycles. The largest absolute Gasteiger partial charge is 0.494 e. The van der Waals surface area contributed by atoms with Gasteiger partial charge in [-0.3, -0.25) is 10.2 Å². The van der Waals surface area contributed by atoms with Gasteiger partial charge in [0.05, 0.1) is 17.3 Å². The molecule has 236 valence electrons. The molecule has 44 heavy (non-hydrogen) atoms. The zero-order valence-electron chi connectivity index (χ0n) is 25.3. The Morgan fingerprint density at radius 3 is 2.36 bits per heavy atom. The summed E-state index contributed by atoms with van der Waals surface area (Å²) >= 11 is 3.47. The molecule has 3 aromatic carbocycles. The van der Waals surface area contributed by atoms with Gasteiger partial charge in [-0.05, 0) is 65.9 Å². The van der Waals surface area contributed by atoms with Crippen LogP contribution in [0.1, 0.15) is 57.3 Å². The van der Waals surface area contributed by atoms with Crippen LogP contribution in [0, 0.1) is 5.41 Å². The van der Waals surface area contributed by atoms with Gasteiger partial charge in [0.25, 0.3) is 5.91 Å². The molecule has 0 aromatic heterocycles. The van der Waals surface area contributed by atoms with Crippen molar-refractivity contribution in [2.24, 2.45) is 10.4 Å². The zero-order chi connectivity index (χ0) is 31.8. The van der Waals surface area contributed by atoms with E-state index in [9.17, 15) is 13.2 Å². The average Bonchev–Trinajstić information content (AvgIpc) is 3.40. The molecule has 1 heterocycles. The van der Waals surface area contributed by atoms with Crippen molar-refractivity contribution in [2.45, 2.75) is 56.6 Å². The third kappa shape index (κ3) is 8.68. The van der Waals surface area contributed by atoms with Crippen molar-refractivity contribution < 1.29 is 27.8 Å². The fraction of sp³-hybridized carbons (Fsp3) is 0.394. The molecule has 0 fully saturated rings. The van der Waals surface area contributed by atoms with Crippen molar-refractivity contribution in [3.63, 3.8) is 0 Å². The maximum atomic E-state index is 14.2. The van der Waals surface area contributed by atoms with E-state index in [-0.39, 0.29) is 35.0 Å². The SMILES string of the molecule is CC(C)(C)CCNNC(=O)[C@@]1(CCS(=O)(=O)c2ccccc2)N=C(c2ccc(OCCCO)cc2)O[C@H]1c1ccc(Br)cc1. The first kappa shape index (κ1) is 33.6. The minimum atomic E-state index is -3.74. The highest BCUT2D eigenvalue weighted by molar-refractivity contribution is 9.10. The summed E-state index contributed by atoms with van der Waals surface area (Å²) in [6, 6.07) is 22.7. The monoisotopic (exact) mass is 685 g/mol. The van der Waals surface area contributed by atoms with Crippen LogP contribution in [0.3, 0.4) is 0 Å². The first-order chi connectivity index (χ1) is 20.9. The number of carbonyl (C=O) groups is 1. The predicted molar refractivity (Wildman–Crippen MR) is 174 cm³/mol. The third-order valence-corrected chi connectivity index (χ3v) is 9.52. The van der Waals surface area contributed by atoms with Gasteiger partial charge in [-0.1, -0.05) is 67.0 Å². The lowest BCUT2D eigenvalue weighted by molar-refractivity contribution is -0.130. The van der Waals surface area contributed by atoms with Crippen LogP contribution in [0.4, 0.5) is 0 Å². The molecule has 0 saturated carbocycles. The molecule has 0 bridgehead atoms. The number of halogens is 1. The maximum Gasteiger partial charge on any atom is 0.266 e. The van der Waals surface area contributed by atoms with Crippen molar-refractivity contribution in [1.29, 1.82) is 0 Å². The Morgan fingerprint density at radius 1 is 1.05 bits per heavy atom. The van der Waals surface area contributed by atoms with Crippen molar-refractivity contribution in [3.05, 3.63) is 94.5 Å². The highest BCUT2D eigenvalue weighted by Gasteiger charge is 2.53. The fourth-order valence-electron chi connectivity index (χ4n) is 4.73. The van der Waals surface area contributed by atoms with Crippen LogP contribution in [0.2, 0.25) is 0 Å². The molecule has 11 heteroatoms. The molecule has 1 aliphatic rings. The number of aliphatic hydroxyl groups excluding tert-OH is 1. The molecule has 9 nitrogen and oxygen atoms in total. The number of amides is 1. The molecule has 4 rings (SSSR count). The van der Waals surface area contributed by atoms with E-state index in [1.54, 1.807) is 54.6 Å². The number of nitrogens with one attached hydrogen (secondary N) is 2. The number of sulfone groups is 1. The van der Waals surface area contributed by atoms with E-state index in [2.05, 4.69) is 47.6 Å². The third-order valence-electron chi connectivity index (χ3n) is 7.26. The van der Waals surface area contributed by atoms with Crippen LogP contribution in [0.15, 0.2) is 93.2 Å². The minimum Gasteiger partial charge on any atom is -0.494 e. The van der Waals surface area contributed by atoms with Crippen molar-refractivity contribution >= 4 is 37.6 Å². The molecule has 0 spiro atoms. The van der Waals surface area contributed by atoms with E-state index in [1.165, 1.54) is 0 Å². The second-order valence-electron chi connectivity index (χ2n) is 11.9. The summed E-state index contributed by atoms with van der Waals surface area (Å²) in [5.74, 6) is 0.0339. The molecule has 1 amide bonds. The summed E-state index contributed by atoms with van der Waals surface area (Å²) < 4.78 is 39.8. The number of ether oxygens (including phenoxy) is 2. The summed E-state index contributed by atoms with van der Waals surface area (Å²) in [4.78, 5) is 19.2. The van der Waals surface area contributed by atoms with E-state index in [4.69, 9.17) is 19.6 Å². The Labute approximate surface area is 268 Å². The van der Waals surface area contributed by atoms with Crippen molar-refractivity contribution in [3.8, 4) is 5.75 Å². The summed E-state index contributed by atoms with van der Waals surface area (Å²) in [5, 5.41) is 9.03. The maximum absolute atomic E-state index is 14.2. The number of carbonyl (C=O) groups excluding carboxylic acids is 1. The summed E-state index contributed by atoms with van der Waals surface area (Å²) in [6.07, 6.45) is 0.293. The molecule has 0 unspecified atom stereocenters. The van der Waals surface area contributed by atoms with Gasteiger partial charge in [0.2, 0.25) is 5.90 Å². The van der Waals surface area contributed by atoms with E-state index < -0.39 is 27.4 Å². The summed E-state index contributed by atoms with van der Waals surface area (Å²) in [7, 11) is -3.74. The summed E-state index contributed by atoms with van der Waals surface area (Å²) in [5.41, 5.74) is 5.58.